The molecule has 0 spiro atoms. The summed E-state index contributed by atoms with van der Waals surface area (Å²) in [5.41, 5.74) is 1.55. The van der Waals surface area contributed by atoms with Crippen LogP contribution < -0.4 is 0 Å². The second-order valence-corrected chi connectivity index (χ2v) is 3.35. The van der Waals surface area contributed by atoms with Gasteiger partial charge in [0.2, 0.25) is 0 Å². The molecule has 0 saturated heterocycles. The molecule has 0 atom stereocenters. The number of aromatic nitrogens is 2. The number of hydrogen-bond donors (Lipinski definition) is 2. The Bertz CT molecular complexity index is 519. The summed E-state index contributed by atoms with van der Waals surface area (Å²) < 4.78 is 0. The average molecular weight is 211 g/mol. The summed E-state index contributed by atoms with van der Waals surface area (Å²) in [6.07, 6.45) is 0. The van der Waals surface area contributed by atoms with Crippen molar-refractivity contribution >= 4 is 28.5 Å². The molecule has 0 aliphatic carbocycles. The van der Waals surface area contributed by atoms with Crippen molar-refractivity contribution < 1.29 is 9.90 Å². The van der Waals surface area contributed by atoms with Gasteiger partial charge in [-0.1, -0.05) is 11.6 Å². The van der Waals surface area contributed by atoms with E-state index in [4.69, 9.17) is 16.7 Å². The third-order valence-electron chi connectivity index (χ3n) is 2.07. The minimum Gasteiger partial charge on any atom is -0.478 e. The van der Waals surface area contributed by atoms with Crippen LogP contribution in [0, 0.1) is 6.92 Å². The van der Waals surface area contributed by atoms with Crippen LogP contribution in [0.3, 0.4) is 0 Å². The summed E-state index contributed by atoms with van der Waals surface area (Å²) in [4.78, 5) is 10.8. The van der Waals surface area contributed by atoms with Crippen LogP contribution >= 0.6 is 11.6 Å². The first-order chi connectivity index (χ1) is 6.61. The van der Waals surface area contributed by atoms with Gasteiger partial charge in [0.05, 0.1) is 16.1 Å². The number of carboxylic acid groups (broad SMARTS) is 1. The van der Waals surface area contributed by atoms with E-state index in [0.717, 1.165) is 5.69 Å². The number of hydrogen-bond acceptors (Lipinski definition) is 2. The summed E-state index contributed by atoms with van der Waals surface area (Å²) in [5.74, 6) is -1.03. The van der Waals surface area contributed by atoms with Gasteiger partial charge in [0, 0.05) is 11.1 Å². The molecule has 0 saturated carbocycles. The van der Waals surface area contributed by atoms with Gasteiger partial charge in [-0.15, -0.1) is 0 Å². The Kier molecular flexibility index (Phi) is 1.93. The van der Waals surface area contributed by atoms with E-state index in [1.807, 2.05) is 0 Å². The number of nitrogens with one attached hydrogen (secondary N) is 1. The van der Waals surface area contributed by atoms with Crippen molar-refractivity contribution in [2.75, 3.05) is 0 Å². The van der Waals surface area contributed by atoms with Gasteiger partial charge in [0.1, 0.15) is 0 Å². The maximum absolute atomic E-state index is 10.8. The predicted octanol–water partition coefficient (Wildman–Crippen LogP) is 2.22. The summed E-state index contributed by atoms with van der Waals surface area (Å²) in [6, 6.07) is 3.08. The molecule has 1 aromatic carbocycles. The molecule has 0 bridgehead atoms. The predicted molar refractivity (Wildman–Crippen MR) is 52.8 cm³/mol. The lowest BCUT2D eigenvalue weighted by atomic mass is 10.1. The van der Waals surface area contributed by atoms with Crippen LogP contribution in [-0.2, 0) is 0 Å². The second kappa shape index (κ2) is 2.99. The van der Waals surface area contributed by atoms with E-state index in [2.05, 4.69) is 10.2 Å². The minimum atomic E-state index is -1.03. The van der Waals surface area contributed by atoms with Gasteiger partial charge in [0.25, 0.3) is 0 Å². The first kappa shape index (κ1) is 9.02. The van der Waals surface area contributed by atoms with Gasteiger partial charge in [-0.2, -0.15) is 5.10 Å². The van der Waals surface area contributed by atoms with E-state index < -0.39 is 5.97 Å². The van der Waals surface area contributed by atoms with Crippen molar-refractivity contribution in [1.82, 2.24) is 10.2 Å². The maximum atomic E-state index is 10.8. The van der Waals surface area contributed by atoms with E-state index in [-0.39, 0.29) is 10.6 Å². The average Bonchev–Trinajstić information content (AvgIpc) is 2.48. The molecule has 0 radical (unpaired) electrons. The molecule has 4 nitrogen and oxygen atoms in total. The number of rotatable bonds is 1. The number of halogens is 1. The molecule has 72 valence electrons. The van der Waals surface area contributed by atoms with E-state index in [1.54, 1.807) is 13.0 Å². The van der Waals surface area contributed by atoms with Crippen LogP contribution in [0.5, 0.6) is 0 Å². The molecule has 0 fully saturated rings. The smallest absolute Gasteiger partial charge is 0.337 e. The fourth-order valence-electron chi connectivity index (χ4n) is 1.38. The van der Waals surface area contributed by atoms with Crippen molar-refractivity contribution in [3.05, 3.63) is 28.4 Å². The van der Waals surface area contributed by atoms with Gasteiger partial charge >= 0.3 is 5.97 Å². The van der Waals surface area contributed by atoms with E-state index in [0.29, 0.717) is 10.9 Å². The molecular formula is C9H7ClN2O2. The molecule has 1 heterocycles. The molecule has 1 aromatic heterocycles. The van der Waals surface area contributed by atoms with Crippen LogP contribution in [-0.4, -0.2) is 21.3 Å². The number of H-pyrrole nitrogens is 1. The highest BCUT2D eigenvalue weighted by molar-refractivity contribution is 6.38. The fourth-order valence-corrected chi connectivity index (χ4v) is 1.76. The fraction of sp³-hybridized carbons (Fsp3) is 0.111. The number of nitrogens with zero attached hydrogens (tertiary/aromatic N) is 1. The Morgan fingerprint density at radius 2 is 2.29 bits per heavy atom. The molecule has 0 aliphatic heterocycles. The third kappa shape index (κ3) is 1.15. The highest BCUT2D eigenvalue weighted by Gasteiger charge is 2.14. The first-order valence-electron chi connectivity index (χ1n) is 3.97. The normalized spacial score (nSPS) is 10.7. The number of benzene rings is 1. The zero-order valence-electron chi connectivity index (χ0n) is 7.34. The van der Waals surface area contributed by atoms with Crippen LogP contribution in [0.25, 0.3) is 10.9 Å². The van der Waals surface area contributed by atoms with Crippen molar-refractivity contribution in [2.45, 2.75) is 6.92 Å². The molecule has 14 heavy (non-hydrogen) atoms. The zero-order valence-corrected chi connectivity index (χ0v) is 8.09. The van der Waals surface area contributed by atoms with Crippen LogP contribution in [0.4, 0.5) is 0 Å². The lowest BCUT2D eigenvalue weighted by Crippen LogP contribution is -1.97. The van der Waals surface area contributed by atoms with Crippen molar-refractivity contribution in [2.24, 2.45) is 0 Å². The maximum Gasteiger partial charge on any atom is 0.337 e. The van der Waals surface area contributed by atoms with E-state index in [1.165, 1.54) is 6.07 Å². The minimum absolute atomic E-state index is 0.101. The van der Waals surface area contributed by atoms with E-state index >= 15 is 0 Å². The number of aryl methyl sites for hydroxylation is 1. The van der Waals surface area contributed by atoms with Crippen LogP contribution in [0.15, 0.2) is 12.1 Å². The summed E-state index contributed by atoms with van der Waals surface area (Å²) >= 11 is 5.94. The van der Waals surface area contributed by atoms with Gasteiger partial charge in [-0.25, -0.2) is 4.79 Å². The molecule has 2 N–H and O–H groups in total. The van der Waals surface area contributed by atoms with Crippen molar-refractivity contribution in [3.63, 3.8) is 0 Å². The van der Waals surface area contributed by atoms with Gasteiger partial charge in [-0.3, -0.25) is 5.10 Å². The molecule has 0 aliphatic rings. The number of carboxylic acids is 1. The van der Waals surface area contributed by atoms with E-state index in [9.17, 15) is 4.79 Å². The van der Waals surface area contributed by atoms with Crippen molar-refractivity contribution in [1.29, 1.82) is 0 Å². The largest absolute Gasteiger partial charge is 0.478 e. The molecule has 2 rings (SSSR count). The van der Waals surface area contributed by atoms with Crippen molar-refractivity contribution in [3.8, 4) is 0 Å². The first-order valence-corrected chi connectivity index (χ1v) is 4.35. The molecule has 0 amide bonds. The van der Waals surface area contributed by atoms with Crippen LogP contribution in [0.1, 0.15) is 16.1 Å². The summed E-state index contributed by atoms with van der Waals surface area (Å²) in [6.45, 7) is 1.80. The Balaban J connectivity index is 2.86. The number of aromatic carboxylic acids is 1. The van der Waals surface area contributed by atoms with Gasteiger partial charge in [0.15, 0.2) is 0 Å². The number of carbonyl (C=O) groups is 1. The SMILES string of the molecule is Cc1[nH]nc2ccc(C(=O)O)c(Cl)c12. The van der Waals surface area contributed by atoms with Crippen LogP contribution in [0.2, 0.25) is 5.02 Å². The monoisotopic (exact) mass is 210 g/mol. The molecule has 2 aromatic rings. The lowest BCUT2D eigenvalue weighted by Gasteiger charge is -1.99. The molecular weight excluding hydrogens is 204 g/mol. The Labute approximate surface area is 84.5 Å². The van der Waals surface area contributed by atoms with Gasteiger partial charge < -0.3 is 5.11 Å². The summed E-state index contributed by atoms with van der Waals surface area (Å²) in [5, 5.41) is 16.5. The summed E-state index contributed by atoms with van der Waals surface area (Å²) in [7, 11) is 0. The highest BCUT2D eigenvalue weighted by Crippen LogP contribution is 2.28. The lowest BCUT2D eigenvalue weighted by molar-refractivity contribution is 0.0697. The third-order valence-corrected chi connectivity index (χ3v) is 2.46. The standard InChI is InChI=1S/C9H7ClN2O2/c1-4-7-6(12-11-4)3-2-5(8(7)10)9(13)14/h2-3H,1H3,(H,11,12)(H,13,14). The second-order valence-electron chi connectivity index (χ2n) is 2.97. The Morgan fingerprint density at radius 1 is 1.57 bits per heavy atom. The number of aromatic amines is 1. The highest BCUT2D eigenvalue weighted by atomic mass is 35.5. The molecule has 5 heteroatoms. The van der Waals surface area contributed by atoms with Gasteiger partial charge in [-0.05, 0) is 19.1 Å². The quantitative estimate of drug-likeness (QED) is 0.759. The zero-order chi connectivity index (χ0) is 10.3. The topological polar surface area (TPSA) is 66.0 Å². The Morgan fingerprint density at radius 3 is 2.93 bits per heavy atom. The molecule has 0 unspecified atom stereocenters. The number of fused-ring (bicyclic) bond motifs is 1. The Hall–Kier alpha value is -1.55.